The molecule has 0 radical (unpaired) electrons. The first-order valence-electron chi connectivity index (χ1n) is 6.30. The number of ether oxygens (including phenoxy) is 1. The quantitative estimate of drug-likeness (QED) is 0.751. The van der Waals surface area contributed by atoms with E-state index in [4.69, 9.17) is 4.74 Å². The highest BCUT2D eigenvalue weighted by Crippen LogP contribution is 2.16. The summed E-state index contributed by atoms with van der Waals surface area (Å²) in [5, 5.41) is 0. The van der Waals surface area contributed by atoms with E-state index in [0.29, 0.717) is 23.7 Å². The molecule has 0 atom stereocenters. The zero-order valence-electron chi connectivity index (χ0n) is 11.8. The van der Waals surface area contributed by atoms with Crippen LogP contribution in [0, 0.1) is 12.8 Å². The van der Waals surface area contributed by atoms with Crippen molar-refractivity contribution in [3.05, 3.63) is 16.1 Å². The molecular formula is C13H20N2O3S. The summed E-state index contributed by atoms with van der Waals surface area (Å²) in [6, 6.07) is 0. The first-order chi connectivity index (χ1) is 8.95. The third-order valence-electron chi connectivity index (χ3n) is 2.44. The summed E-state index contributed by atoms with van der Waals surface area (Å²) in [5.41, 5.74) is 2.34. The van der Waals surface area contributed by atoms with Gasteiger partial charge in [0.05, 0.1) is 17.8 Å². The fraction of sp³-hybridized carbons (Fsp3) is 0.615. The third kappa shape index (κ3) is 4.63. The van der Waals surface area contributed by atoms with E-state index in [9.17, 15) is 9.59 Å². The zero-order valence-corrected chi connectivity index (χ0v) is 12.6. The van der Waals surface area contributed by atoms with Crippen LogP contribution in [-0.4, -0.2) is 41.5 Å². The van der Waals surface area contributed by atoms with Crippen molar-refractivity contribution in [2.45, 2.75) is 27.7 Å². The lowest BCUT2D eigenvalue weighted by molar-refractivity contribution is -0.143. The molecule has 1 aromatic rings. The number of carbonyl (C=O) groups is 2. The van der Waals surface area contributed by atoms with Crippen molar-refractivity contribution in [2.24, 2.45) is 5.92 Å². The van der Waals surface area contributed by atoms with E-state index < -0.39 is 0 Å². The maximum atomic E-state index is 12.4. The lowest BCUT2D eigenvalue weighted by Gasteiger charge is -2.23. The second-order valence-corrected chi connectivity index (χ2v) is 5.51. The fourth-order valence-electron chi connectivity index (χ4n) is 1.67. The molecule has 106 valence electrons. The Bertz CT molecular complexity index is 443. The predicted molar refractivity (Wildman–Crippen MR) is 74.2 cm³/mol. The molecule has 0 N–H and O–H groups in total. The standard InChI is InChI=1S/C13H20N2O3S/c1-5-18-11(16)7-15(6-9(2)3)13(17)12-10(4)14-8-19-12/h8-9H,5-7H2,1-4H3. The van der Waals surface area contributed by atoms with Crippen LogP contribution >= 0.6 is 11.3 Å². The maximum absolute atomic E-state index is 12.4. The van der Waals surface area contributed by atoms with Gasteiger partial charge in [0.15, 0.2) is 0 Å². The Hall–Kier alpha value is -1.43. The van der Waals surface area contributed by atoms with Crippen LogP contribution in [0.5, 0.6) is 0 Å². The van der Waals surface area contributed by atoms with Crippen LogP contribution in [0.4, 0.5) is 0 Å². The summed E-state index contributed by atoms with van der Waals surface area (Å²) in [5.74, 6) is -0.243. The normalized spacial score (nSPS) is 10.6. The van der Waals surface area contributed by atoms with E-state index in [1.165, 1.54) is 16.2 Å². The summed E-state index contributed by atoms with van der Waals surface area (Å²) >= 11 is 1.30. The highest BCUT2D eigenvalue weighted by Gasteiger charge is 2.23. The monoisotopic (exact) mass is 284 g/mol. The molecule has 1 rings (SSSR count). The highest BCUT2D eigenvalue weighted by molar-refractivity contribution is 7.11. The molecule has 19 heavy (non-hydrogen) atoms. The van der Waals surface area contributed by atoms with Gasteiger partial charge in [-0.05, 0) is 19.8 Å². The van der Waals surface area contributed by atoms with Gasteiger partial charge in [0, 0.05) is 6.54 Å². The molecule has 1 amide bonds. The topological polar surface area (TPSA) is 59.5 Å². The molecule has 0 unspecified atom stereocenters. The van der Waals surface area contributed by atoms with E-state index in [2.05, 4.69) is 4.98 Å². The van der Waals surface area contributed by atoms with E-state index in [0.717, 1.165) is 0 Å². The molecule has 0 aliphatic heterocycles. The minimum atomic E-state index is -0.376. The Kier molecular flexibility index (Phi) is 5.95. The van der Waals surface area contributed by atoms with Gasteiger partial charge in [-0.25, -0.2) is 4.98 Å². The highest BCUT2D eigenvalue weighted by atomic mass is 32.1. The zero-order chi connectivity index (χ0) is 14.4. The van der Waals surface area contributed by atoms with Gasteiger partial charge in [0.25, 0.3) is 5.91 Å². The van der Waals surface area contributed by atoms with Crippen LogP contribution in [0.2, 0.25) is 0 Å². The average molecular weight is 284 g/mol. The molecule has 0 bridgehead atoms. The number of hydrogen-bond donors (Lipinski definition) is 0. The molecule has 1 aromatic heterocycles. The minimum absolute atomic E-state index is 0.0117. The first-order valence-corrected chi connectivity index (χ1v) is 7.18. The Labute approximate surface area is 117 Å². The summed E-state index contributed by atoms with van der Waals surface area (Å²) in [7, 11) is 0. The summed E-state index contributed by atoms with van der Waals surface area (Å²) in [6.07, 6.45) is 0. The van der Waals surface area contributed by atoms with Crippen molar-refractivity contribution in [1.82, 2.24) is 9.88 Å². The van der Waals surface area contributed by atoms with E-state index in [1.807, 2.05) is 13.8 Å². The number of carbonyl (C=O) groups excluding carboxylic acids is 2. The molecule has 1 heterocycles. The minimum Gasteiger partial charge on any atom is -0.465 e. The fourth-order valence-corrected chi connectivity index (χ4v) is 2.44. The molecule has 0 aliphatic carbocycles. The van der Waals surface area contributed by atoms with Crippen molar-refractivity contribution in [3.8, 4) is 0 Å². The van der Waals surface area contributed by atoms with E-state index >= 15 is 0 Å². The van der Waals surface area contributed by atoms with Crippen molar-refractivity contribution >= 4 is 23.2 Å². The predicted octanol–water partition coefficient (Wildman–Crippen LogP) is 2.11. The second-order valence-electron chi connectivity index (χ2n) is 4.65. The van der Waals surface area contributed by atoms with Gasteiger partial charge >= 0.3 is 5.97 Å². The van der Waals surface area contributed by atoms with Crippen molar-refractivity contribution in [3.63, 3.8) is 0 Å². The van der Waals surface area contributed by atoms with Gasteiger partial charge in [-0.15, -0.1) is 11.3 Å². The second kappa shape index (κ2) is 7.23. The third-order valence-corrected chi connectivity index (χ3v) is 3.35. The van der Waals surface area contributed by atoms with Crippen LogP contribution in [0.15, 0.2) is 5.51 Å². The number of hydrogen-bond acceptors (Lipinski definition) is 5. The summed E-state index contributed by atoms with van der Waals surface area (Å²) in [4.78, 5) is 30.1. The Morgan fingerprint density at radius 2 is 2.16 bits per heavy atom. The molecule has 0 saturated heterocycles. The number of nitrogens with zero attached hydrogens (tertiary/aromatic N) is 2. The molecular weight excluding hydrogens is 264 g/mol. The maximum Gasteiger partial charge on any atom is 0.325 e. The number of thiazole rings is 1. The first kappa shape index (κ1) is 15.6. The van der Waals surface area contributed by atoms with Gasteiger partial charge < -0.3 is 9.64 Å². The molecule has 6 heteroatoms. The smallest absolute Gasteiger partial charge is 0.325 e. The van der Waals surface area contributed by atoms with Crippen LogP contribution < -0.4 is 0 Å². The lowest BCUT2D eigenvalue weighted by atomic mass is 10.2. The molecule has 0 aliphatic rings. The molecule has 5 nitrogen and oxygen atoms in total. The van der Waals surface area contributed by atoms with Crippen molar-refractivity contribution < 1.29 is 14.3 Å². The number of esters is 1. The van der Waals surface area contributed by atoms with Crippen molar-refractivity contribution in [2.75, 3.05) is 19.7 Å². The Morgan fingerprint density at radius 3 is 2.63 bits per heavy atom. The summed E-state index contributed by atoms with van der Waals surface area (Å²) in [6.45, 7) is 8.39. The lowest BCUT2D eigenvalue weighted by Crippen LogP contribution is -2.38. The molecule has 0 saturated carbocycles. The van der Waals surface area contributed by atoms with Crippen LogP contribution in [0.3, 0.4) is 0 Å². The number of aryl methyl sites for hydroxylation is 1. The molecule has 0 aromatic carbocycles. The van der Waals surface area contributed by atoms with Gasteiger partial charge in [-0.1, -0.05) is 13.8 Å². The van der Waals surface area contributed by atoms with E-state index in [1.54, 1.807) is 19.4 Å². The SMILES string of the molecule is CCOC(=O)CN(CC(C)C)C(=O)c1scnc1C. The molecule has 0 spiro atoms. The van der Waals surface area contributed by atoms with E-state index in [-0.39, 0.29) is 24.3 Å². The Morgan fingerprint density at radius 1 is 1.47 bits per heavy atom. The van der Waals surface area contributed by atoms with Gasteiger partial charge in [-0.2, -0.15) is 0 Å². The largest absolute Gasteiger partial charge is 0.465 e. The van der Waals surface area contributed by atoms with Crippen LogP contribution in [0.1, 0.15) is 36.1 Å². The average Bonchev–Trinajstić information content (AvgIpc) is 2.73. The number of aromatic nitrogens is 1. The number of rotatable bonds is 6. The van der Waals surface area contributed by atoms with Gasteiger partial charge in [-0.3, -0.25) is 9.59 Å². The van der Waals surface area contributed by atoms with Gasteiger partial charge in [0.1, 0.15) is 11.4 Å². The van der Waals surface area contributed by atoms with Crippen LogP contribution in [-0.2, 0) is 9.53 Å². The summed E-state index contributed by atoms with van der Waals surface area (Å²) < 4.78 is 4.91. The molecule has 0 fully saturated rings. The van der Waals surface area contributed by atoms with Gasteiger partial charge in [0.2, 0.25) is 0 Å². The van der Waals surface area contributed by atoms with Crippen LogP contribution in [0.25, 0.3) is 0 Å². The number of amides is 1. The van der Waals surface area contributed by atoms with Crippen molar-refractivity contribution in [1.29, 1.82) is 0 Å². The Balaban J connectivity index is 2.81.